The van der Waals surface area contributed by atoms with Gasteiger partial charge in [0.05, 0.1) is 11.7 Å². The minimum Gasteiger partial charge on any atom is -0.446 e. The molecule has 0 aromatic heterocycles. The Morgan fingerprint density at radius 3 is 2.11 bits per heavy atom. The third-order valence-corrected chi connectivity index (χ3v) is 17.0. The Morgan fingerprint density at radius 2 is 1.48 bits per heavy atom. The first-order valence-electron chi connectivity index (χ1n) is 17.4. The summed E-state index contributed by atoms with van der Waals surface area (Å²) in [5.74, 6) is 1.57. The molecule has 4 fully saturated rings. The summed E-state index contributed by atoms with van der Waals surface area (Å²) in [6, 6.07) is 0. The zero-order chi connectivity index (χ0) is 34.3. The standard InChI is InChI=1S/C32H59NO11P2/c1-5-6-7-8-14-31(4,36)27-11-10-23-22-20-26(34)25-19-21(12-16-29(25,2)24(22)13-17-30(23,27)3)44-28(35)33-18-9-15-32(37,45(38,39)40)46(41,42)43/h21-27,34,36-37H,5-20H2,1-4H3,(H,33,35)(H2,38,39,40)(H2,41,42,43)/t21-,22-,23-,24-,25+,26-,27-,29+,30-,31-/m0/s1. The molecule has 0 radical (unpaired) electrons. The second-order valence-corrected chi connectivity index (χ2v) is 19.8. The average Bonchev–Trinajstić information content (AvgIpc) is 3.31. The lowest BCUT2D eigenvalue weighted by molar-refractivity contribution is -0.179. The van der Waals surface area contributed by atoms with Gasteiger partial charge in [-0.15, -0.1) is 0 Å². The van der Waals surface area contributed by atoms with Crippen molar-refractivity contribution in [2.24, 2.45) is 40.4 Å². The summed E-state index contributed by atoms with van der Waals surface area (Å²) in [6.45, 7) is 8.74. The van der Waals surface area contributed by atoms with Gasteiger partial charge in [0, 0.05) is 13.0 Å². The number of ether oxygens (including phenoxy) is 1. The lowest BCUT2D eigenvalue weighted by Crippen LogP contribution is -2.59. The van der Waals surface area contributed by atoms with E-state index in [0.29, 0.717) is 30.6 Å². The molecule has 0 unspecified atom stereocenters. The SMILES string of the molecule is CCCCCC[C@](C)(O)[C@H]1CC[C@H]2[C@@H]3C[C@H](O)[C@H]4C[C@@H](OC(=O)NCCCC(O)(P(=O)(O)O)P(=O)(O)O)CC[C@]4(C)[C@H]3CC[C@@]21C. The van der Waals surface area contributed by atoms with E-state index in [1.807, 2.05) is 0 Å². The highest BCUT2D eigenvalue weighted by Gasteiger charge is 2.64. The van der Waals surface area contributed by atoms with Crippen LogP contribution in [0.25, 0.3) is 0 Å². The van der Waals surface area contributed by atoms with E-state index in [1.54, 1.807) is 0 Å². The summed E-state index contributed by atoms with van der Waals surface area (Å²) < 4.78 is 28.7. The van der Waals surface area contributed by atoms with Crippen molar-refractivity contribution in [1.29, 1.82) is 0 Å². The molecule has 10 atom stereocenters. The first-order valence-corrected chi connectivity index (χ1v) is 20.6. The Hall–Kier alpha value is -0.550. The van der Waals surface area contributed by atoms with E-state index in [1.165, 1.54) is 12.8 Å². The van der Waals surface area contributed by atoms with E-state index in [9.17, 15) is 48.8 Å². The molecule has 0 aromatic carbocycles. The monoisotopic (exact) mass is 695 g/mol. The van der Waals surface area contributed by atoms with Crippen molar-refractivity contribution in [2.45, 2.75) is 147 Å². The van der Waals surface area contributed by atoms with Gasteiger partial charge < -0.3 is 44.9 Å². The highest BCUT2D eigenvalue weighted by Crippen LogP contribution is 2.70. The summed E-state index contributed by atoms with van der Waals surface area (Å²) in [6.07, 6.45) is 9.49. The van der Waals surface area contributed by atoms with Crippen LogP contribution in [0, 0.1) is 40.4 Å². The molecule has 1 amide bonds. The number of unbranched alkanes of at least 4 members (excludes halogenated alkanes) is 3. The number of nitrogens with one attached hydrogen (secondary N) is 1. The minimum absolute atomic E-state index is 0.0231. The number of fused-ring (bicyclic) bond motifs is 5. The molecule has 0 bridgehead atoms. The molecule has 8 N–H and O–H groups in total. The van der Waals surface area contributed by atoms with Gasteiger partial charge in [0.1, 0.15) is 6.10 Å². The van der Waals surface area contributed by atoms with Crippen LogP contribution in [0.2, 0.25) is 0 Å². The Bertz CT molecular complexity index is 1150. The molecular weight excluding hydrogens is 636 g/mol. The van der Waals surface area contributed by atoms with Gasteiger partial charge in [-0.25, -0.2) is 4.79 Å². The molecule has 4 aliphatic carbocycles. The summed E-state index contributed by atoms with van der Waals surface area (Å²) in [7, 11) is -11.1. The number of carbonyl (C=O) groups excluding carboxylic acids is 1. The third-order valence-electron chi connectivity index (χ3n) is 13.1. The van der Waals surface area contributed by atoms with Crippen LogP contribution < -0.4 is 5.32 Å². The van der Waals surface area contributed by atoms with E-state index in [2.05, 4.69) is 33.0 Å². The normalized spacial score (nSPS) is 37.8. The molecule has 4 saturated carbocycles. The van der Waals surface area contributed by atoms with Crippen molar-refractivity contribution in [2.75, 3.05) is 6.54 Å². The molecule has 0 heterocycles. The van der Waals surface area contributed by atoms with Crippen LogP contribution in [0.15, 0.2) is 0 Å². The van der Waals surface area contributed by atoms with E-state index in [-0.39, 0.29) is 35.6 Å². The smallest absolute Gasteiger partial charge is 0.407 e. The Kier molecular flexibility index (Phi) is 11.6. The van der Waals surface area contributed by atoms with E-state index >= 15 is 0 Å². The van der Waals surface area contributed by atoms with Crippen LogP contribution in [0.3, 0.4) is 0 Å². The Balaban J connectivity index is 1.33. The largest absolute Gasteiger partial charge is 0.446 e. The molecule has 0 aromatic rings. The van der Waals surface area contributed by atoms with E-state index < -0.39 is 50.6 Å². The molecule has 0 spiro atoms. The lowest BCUT2D eigenvalue weighted by Gasteiger charge is -2.62. The summed E-state index contributed by atoms with van der Waals surface area (Å²) in [5.41, 5.74) is -0.709. The lowest BCUT2D eigenvalue weighted by atomic mass is 9.43. The molecule has 4 rings (SSSR count). The van der Waals surface area contributed by atoms with Crippen molar-refractivity contribution in [3.8, 4) is 0 Å². The summed E-state index contributed by atoms with van der Waals surface area (Å²) in [4.78, 5) is 49.7. The van der Waals surface area contributed by atoms with Gasteiger partial charge >= 0.3 is 21.3 Å². The molecular formula is C32H59NO11P2. The maximum atomic E-state index is 12.6. The van der Waals surface area contributed by atoms with Gasteiger partial charge in [-0.1, -0.05) is 46.5 Å². The van der Waals surface area contributed by atoms with Crippen LogP contribution >= 0.6 is 15.2 Å². The topological polar surface area (TPSA) is 214 Å². The highest BCUT2D eigenvalue weighted by molar-refractivity contribution is 7.72. The minimum atomic E-state index is -5.55. The molecule has 268 valence electrons. The quantitative estimate of drug-likeness (QED) is 0.0924. The van der Waals surface area contributed by atoms with Crippen molar-refractivity contribution < 1.29 is 53.6 Å². The molecule has 4 aliphatic rings. The average molecular weight is 696 g/mol. The Labute approximate surface area is 273 Å². The van der Waals surface area contributed by atoms with Crippen molar-refractivity contribution in [1.82, 2.24) is 5.32 Å². The fourth-order valence-electron chi connectivity index (χ4n) is 10.6. The van der Waals surface area contributed by atoms with Crippen molar-refractivity contribution in [3.63, 3.8) is 0 Å². The van der Waals surface area contributed by atoms with Crippen molar-refractivity contribution in [3.05, 3.63) is 0 Å². The number of aliphatic hydroxyl groups is 3. The number of hydrogen-bond acceptors (Lipinski definition) is 7. The molecule has 14 heteroatoms. The van der Waals surface area contributed by atoms with Crippen LogP contribution in [-0.2, 0) is 13.9 Å². The first-order chi connectivity index (χ1) is 21.2. The maximum absolute atomic E-state index is 12.6. The second-order valence-electron chi connectivity index (χ2n) is 15.8. The summed E-state index contributed by atoms with van der Waals surface area (Å²) in [5, 5.41) is 32.2. The fraction of sp³-hybridized carbons (Fsp3) is 0.969. The van der Waals surface area contributed by atoms with E-state index in [0.717, 1.165) is 57.8 Å². The third kappa shape index (κ3) is 7.32. The predicted molar refractivity (Wildman–Crippen MR) is 173 cm³/mol. The van der Waals surface area contributed by atoms with Gasteiger partial charge in [0.2, 0.25) is 0 Å². The van der Waals surface area contributed by atoms with Crippen molar-refractivity contribution >= 4 is 21.3 Å². The molecule has 12 nitrogen and oxygen atoms in total. The fourth-order valence-corrected chi connectivity index (χ4v) is 12.9. The van der Waals surface area contributed by atoms with Gasteiger partial charge in [-0.3, -0.25) is 9.13 Å². The van der Waals surface area contributed by atoms with Crippen LogP contribution in [0.4, 0.5) is 4.79 Å². The summed E-state index contributed by atoms with van der Waals surface area (Å²) >= 11 is 0. The number of aliphatic hydroxyl groups excluding tert-OH is 1. The second kappa shape index (κ2) is 14.0. The molecule has 0 saturated heterocycles. The first kappa shape index (κ1) is 38.3. The van der Waals surface area contributed by atoms with Crippen LogP contribution in [-0.4, -0.2) is 70.4 Å². The van der Waals surface area contributed by atoms with Gasteiger partial charge in [-0.2, -0.15) is 0 Å². The number of rotatable bonds is 13. The van der Waals surface area contributed by atoms with Gasteiger partial charge in [0.25, 0.3) is 5.08 Å². The molecule has 0 aliphatic heterocycles. The van der Waals surface area contributed by atoms with Crippen LogP contribution in [0.5, 0.6) is 0 Å². The number of hydrogen-bond donors (Lipinski definition) is 8. The maximum Gasteiger partial charge on any atom is 0.407 e. The highest BCUT2D eigenvalue weighted by atomic mass is 31.2. The number of carbonyl (C=O) groups is 1. The zero-order valence-electron chi connectivity index (χ0n) is 28.0. The van der Waals surface area contributed by atoms with Crippen LogP contribution in [0.1, 0.15) is 124 Å². The Morgan fingerprint density at radius 1 is 0.848 bits per heavy atom. The zero-order valence-corrected chi connectivity index (χ0v) is 29.8. The number of amides is 1. The van der Waals surface area contributed by atoms with Gasteiger partial charge in [0.15, 0.2) is 0 Å². The van der Waals surface area contributed by atoms with E-state index in [4.69, 9.17) is 4.74 Å². The molecule has 46 heavy (non-hydrogen) atoms. The number of alkyl carbamates (subject to hydrolysis) is 1. The van der Waals surface area contributed by atoms with Gasteiger partial charge in [-0.05, 0) is 112 Å². The predicted octanol–water partition coefficient (Wildman–Crippen LogP) is 5.21.